The summed E-state index contributed by atoms with van der Waals surface area (Å²) in [7, 11) is 0. The molecule has 0 amide bonds. The number of anilines is 3. The Labute approximate surface area is 256 Å². The van der Waals surface area contributed by atoms with Crippen molar-refractivity contribution in [3.63, 3.8) is 0 Å². The molecule has 0 bridgehead atoms. The fourth-order valence-corrected chi connectivity index (χ4v) is 6.01. The fraction of sp³-hybridized carbons (Fsp3) is 0. The first kappa shape index (κ1) is 25.8. The molecule has 0 N–H and O–H groups in total. The van der Waals surface area contributed by atoms with Gasteiger partial charge in [-0.1, -0.05) is 115 Å². The van der Waals surface area contributed by atoms with Gasteiger partial charge in [0.05, 0.1) is 11.9 Å². The molecule has 0 atom stereocenters. The second kappa shape index (κ2) is 11.0. The summed E-state index contributed by atoms with van der Waals surface area (Å²) in [5, 5.41) is 2.12. The van der Waals surface area contributed by atoms with Gasteiger partial charge in [0, 0.05) is 28.3 Å². The van der Waals surface area contributed by atoms with Crippen molar-refractivity contribution in [2.45, 2.75) is 0 Å². The summed E-state index contributed by atoms with van der Waals surface area (Å²) in [6, 6.07) is 55.6. The molecule has 0 unspecified atom stereocenters. The number of nitrogens with zero attached hydrogens (tertiary/aromatic N) is 2. The Kier molecular flexibility index (Phi) is 6.47. The van der Waals surface area contributed by atoms with Crippen molar-refractivity contribution in [1.29, 1.82) is 0 Å². The molecule has 3 nitrogen and oxygen atoms in total. The van der Waals surface area contributed by atoms with Crippen LogP contribution in [-0.2, 0) is 0 Å². The first-order valence-electron chi connectivity index (χ1n) is 14.8. The maximum absolute atomic E-state index is 6.53. The number of rotatable bonds is 6. The zero-order chi connectivity index (χ0) is 29.3. The van der Waals surface area contributed by atoms with Crippen LogP contribution in [0.25, 0.3) is 55.3 Å². The number of hydrogen-bond acceptors (Lipinski definition) is 3. The lowest BCUT2D eigenvalue weighted by molar-refractivity contribution is 0.667. The summed E-state index contributed by atoms with van der Waals surface area (Å²) >= 11 is 0. The van der Waals surface area contributed by atoms with Crippen molar-refractivity contribution in [3.05, 3.63) is 170 Å². The molecule has 8 rings (SSSR count). The Bertz CT molecular complexity index is 2150. The molecule has 0 radical (unpaired) electrons. The van der Waals surface area contributed by atoms with Gasteiger partial charge in [-0.05, 0) is 75.8 Å². The van der Waals surface area contributed by atoms with Crippen molar-refractivity contribution in [1.82, 2.24) is 4.98 Å². The normalized spacial score (nSPS) is 11.2. The quantitative estimate of drug-likeness (QED) is 0.201. The van der Waals surface area contributed by atoms with Gasteiger partial charge in [0.25, 0.3) is 0 Å². The third kappa shape index (κ3) is 4.71. The number of para-hydroxylation sites is 1. The fourth-order valence-electron chi connectivity index (χ4n) is 6.01. The SMILES string of the molecule is c1ccc(-c2ccc(N(c3cc(-c4ccccc4)cc(-c4ccccc4)c3)c3cccc4c3oc3cnccc34)cc2)cc1. The minimum atomic E-state index is 0.775. The minimum Gasteiger partial charge on any atom is -0.452 e. The Hall–Kier alpha value is -5.93. The smallest absolute Gasteiger partial charge is 0.159 e. The zero-order valence-corrected chi connectivity index (χ0v) is 24.0. The first-order valence-corrected chi connectivity index (χ1v) is 14.8. The van der Waals surface area contributed by atoms with Gasteiger partial charge in [0.2, 0.25) is 0 Å². The molecule has 2 heterocycles. The van der Waals surface area contributed by atoms with Crippen LogP contribution in [0, 0.1) is 0 Å². The monoisotopic (exact) mass is 564 g/mol. The summed E-state index contributed by atoms with van der Waals surface area (Å²) in [6.45, 7) is 0. The molecule has 3 heteroatoms. The molecule has 0 saturated heterocycles. The molecule has 0 saturated carbocycles. The van der Waals surface area contributed by atoms with Crippen LogP contribution in [0.3, 0.4) is 0 Å². The van der Waals surface area contributed by atoms with Crippen molar-refractivity contribution in [2.24, 2.45) is 0 Å². The van der Waals surface area contributed by atoms with E-state index in [0.29, 0.717) is 0 Å². The van der Waals surface area contributed by atoms with E-state index in [1.54, 1.807) is 6.20 Å². The predicted octanol–water partition coefficient (Wildman–Crippen LogP) is 11.5. The molecule has 208 valence electrons. The van der Waals surface area contributed by atoms with Crippen LogP contribution in [0.2, 0.25) is 0 Å². The van der Waals surface area contributed by atoms with E-state index in [-0.39, 0.29) is 0 Å². The van der Waals surface area contributed by atoms with Crippen LogP contribution < -0.4 is 4.90 Å². The molecule has 0 aliphatic heterocycles. The van der Waals surface area contributed by atoms with Gasteiger partial charge in [0.15, 0.2) is 11.2 Å². The maximum atomic E-state index is 6.53. The number of furan rings is 1. The third-order valence-corrected chi connectivity index (χ3v) is 8.14. The Morgan fingerprint density at radius 2 is 1.00 bits per heavy atom. The summed E-state index contributed by atoms with van der Waals surface area (Å²) in [6.07, 6.45) is 3.61. The van der Waals surface area contributed by atoms with E-state index in [0.717, 1.165) is 50.1 Å². The lowest BCUT2D eigenvalue weighted by Crippen LogP contribution is -2.10. The predicted molar refractivity (Wildman–Crippen MR) is 183 cm³/mol. The number of hydrogen-bond donors (Lipinski definition) is 0. The van der Waals surface area contributed by atoms with Gasteiger partial charge < -0.3 is 9.32 Å². The van der Waals surface area contributed by atoms with E-state index in [4.69, 9.17) is 4.42 Å². The summed E-state index contributed by atoms with van der Waals surface area (Å²) in [4.78, 5) is 6.63. The second-order valence-electron chi connectivity index (χ2n) is 10.9. The number of benzene rings is 6. The van der Waals surface area contributed by atoms with Crippen LogP contribution in [0.1, 0.15) is 0 Å². The lowest BCUT2D eigenvalue weighted by atomic mass is 9.97. The van der Waals surface area contributed by atoms with Gasteiger partial charge in [-0.3, -0.25) is 4.98 Å². The van der Waals surface area contributed by atoms with Crippen molar-refractivity contribution in [3.8, 4) is 33.4 Å². The van der Waals surface area contributed by atoms with E-state index >= 15 is 0 Å². The highest BCUT2D eigenvalue weighted by molar-refractivity contribution is 6.10. The molecule has 44 heavy (non-hydrogen) atoms. The Balaban J connectivity index is 1.38. The van der Waals surface area contributed by atoms with Gasteiger partial charge >= 0.3 is 0 Å². The molecular weight excluding hydrogens is 536 g/mol. The van der Waals surface area contributed by atoms with Crippen LogP contribution >= 0.6 is 0 Å². The van der Waals surface area contributed by atoms with Crippen molar-refractivity contribution < 1.29 is 4.42 Å². The maximum Gasteiger partial charge on any atom is 0.159 e. The Morgan fingerprint density at radius 1 is 0.432 bits per heavy atom. The molecular formula is C41H28N2O. The molecule has 2 aromatic heterocycles. The highest BCUT2D eigenvalue weighted by Gasteiger charge is 2.21. The molecule has 0 aliphatic rings. The van der Waals surface area contributed by atoms with Crippen molar-refractivity contribution in [2.75, 3.05) is 4.90 Å². The summed E-state index contributed by atoms with van der Waals surface area (Å²) < 4.78 is 6.53. The van der Waals surface area contributed by atoms with E-state index < -0.39 is 0 Å². The van der Waals surface area contributed by atoms with Gasteiger partial charge in [-0.15, -0.1) is 0 Å². The standard InChI is InChI=1S/C41H28N2O/c1-4-11-29(12-5-1)32-19-21-35(22-20-32)43(39-18-10-17-38-37-23-24-42-28-40(37)44-41(38)39)36-26-33(30-13-6-2-7-14-30)25-34(27-36)31-15-8-3-9-16-31/h1-28H. The number of pyridine rings is 1. The molecule has 0 spiro atoms. The average Bonchev–Trinajstić information content (AvgIpc) is 3.49. The molecule has 0 fully saturated rings. The van der Waals surface area contributed by atoms with E-state index in [9.17, 15) is 0 Å². The largest absolute Gasteiger partial charge is 0.452 e. The van der Waals surface area contributed by atoms with E-state index in [1.807, 2.05) is 18.3 Å². The van der Waals surface area contributed by atoms with Crippen LogP contribution in [-0.4, -0.2) is 4.98 Å². The van der Waals surface area contributed by atoms with E-state index in [1.165, 1.54) is 22.3 Å². The lowest BCUT2D eigenvalue weighted by Gasteiger charge is -2.27. The average molecular weight is 565 g/mol. The minimum absolute atomic E-state index is 0.775. The van der Waals surface area contributed by atoms with Crippen molar-refractivity contribution >= 4 is 39.0 Å². The molecule has 0 aliphatic carbocycles. The number of fused-ring (bicyclic) bond motifs is 3. The molecule has 8 aromatic rings. The van der Waals surface area contributed by atoms with E-state index in [2.05, 4.69) is 155 Å². The van der Waals surface area contributed by atoms with Crippen LogP contribution in [0.4, 0.5) is 17.1 Å². The first-order chi connectivity index (χ1) is 21.8. The second-order valence-corrected chi connectivity index (χ2v) is 10.9. The highest BCUT2D eigenvalue weighted by Crippen LogP contribution is 2.44. The third-order valence-electron chi connectivity index (χ3n) is 8.14. The summed E-state index contributed by atoms with van der Waals surface area (Å²) in [5.74, 6) is 0. The van der Waals surface area contributed by atoms with Gasteiger partial charge in [-0.25, -0.2) is 0 Å². The van der Waals surface area contributed by atoms with Gasteiger partial charge in [-0.2, -0.15) is 0 Å². The van der Waals surface area contributed by atoms with Crippen LogP contribution in [0.15, 0.2) is 175 Å². The van der Waals surface area contributed by atoms with Gasteiger partial charge in [0.1, 0.15) is 0 Å². The number of aromatic nitrogens is 1. The van der Waals surface area contributed by atoms with Crippen LogP contribution in [0.5, 0.6) is 0 Å². The Morgan fingerprint density at radius 3 is 1.61 bits per heavy atom. The highest BCUT2D eigenvalue weighted by atomic mass is 16.3. The topological polar surface area (TPSA) is 29.3 Å². The zero-order valence-electron chi connectivity index (χ0n) is 24.0. The summed E-state index contributed by atoms with van der Waals surface area (Å²) in [5.41, 5.74) is 11.6. The molecule has 6 aromatic carbocycles.